The van der Waals surface area contributed by atoms with Crippen LogP contribution in [0.1, 0.15) is 35.7 Å². The summed E-state index contributed by atoms with van der Waals surface area (Å²) < 4.78 is 6.52. The molecule has 178 valence electrons. The summed E-state index contributed by atoms with van der Waals surface area (Å²) in [6, 6.07) is 15.9. The Morgan fingerprint density at radius 2 is 1.66 bits per heavy atom. The molecule has 3 aromatic rings. The quantitative estimate of drug-likeness (QED) is 0.435. The number of rotatable bonds is 5. The lowest BCUT2D eigenvalue weighted by Gasteiger charge is -2.54. The number of carbonyl (C=O) groups is 2. The van der Waals surface area contributed by atoms with Crippen molar-refractivity contribution in [3.8, 4) is 11.1 Å². The lowest BCUT2D eigenvalue weighted by atomic mass is 9.81. The molecular weight excluding hydrogens is 444 g/mol. The van der Waals surface area contributed by atoms with Crippen LogP contribution in [0.4, 0.5) is 0 Å². The molecule has 3 N–H and O–H groups in total. The Morgan fingerprint density at radius 3 is 2.23 bits per heavy atom. The molecule has 1 unspecified atom stereocenters. The Labute approximate surface area is 203 Å². The monoisotopic (exact) mass is 471 g/mol. The summed E-state index contributed by atoms with van der Waals surface area (Å²) in [5, 5.41) is 11.8. The van der Waals surface area contributed by atoms with E-state index in [1.807, 2.05) is 36.4 Å². The second-order valence-corrected chi connectivity index (χ2v) is 9.87. The van der Waals surface area contributed by atoms with Gasteiger partial charge in [0.25, 0.3) is 5.91 Å². The number of ether oxygens (including phenoxy) is 1. The molecule has 3 aliphatic heterocycles. The van der Waals surface area contributed by atoms with Gasteiger partial charge < -0.3 is 20.1 Å². The average Bonchev–Trinajstić information content (AvgIpc) is 3.15. The average molecular weight is 472 g/mol. The summed E-state index contributed by atoms with van der Waals surface area (Å²) in [6.45, 7) is 1.96. The Morgan fingerprint density at radius 1 is 1.03 bits per heavy atom. The van der Waals surface area contributed by atoms with Crippen LogP contribution in [0.5, 0.6) is 0 Å². The van der Waals surface area contributed by atoms with Gasteiger partial charge in [-0.3, -0.25) is 4.79 Å². The van der Waals surface area contributed by atoms with Gasteiger partial charge in [0.2, 0.25) is 11.6 Å². The van der Waals surface area contributed by atoms with Gasteiger partial charge in [0, 0.05) is 36.1 Å². The van der Waals surface area contributed by atoms with Crippen LogP contribution >= 0.6 is 0 Å². The minimum absolute atomic E-state index is 0.174. The molecule has 1 aliphatic carbocycles. The molecule has 0 radical (unpaired) electrons. The summed E-state index contributed by atoms with van der Waals surface area (Å²) in [4.78, 5) is 34.7. The van der Waals surface area contributed by atoms with Gasteiger partial charge in [0.1, 0.15) is 18.6 Å². The number of aliphatic hydroxyl groups is 1. The van der Waals surface area contributed by atoms with E-state index in [1.54, 1.807) is 24.4 Å². The number of piperidine rings is 3. The molecule has 1 aromatic heterocycles. The van der Waals surface area contributed by atoms with Crippen LogP contribution in [0.15, 0.2) is 67.1 Å². The first-order chi connectivity index (χ1) is 16.9. The summed E-state index contributed by atoms with van der Waals surface area (Å²) in [7, 11) is 0. The minimum atomic E-state index is -1.88. The van der Waals surface area contributed by atoms with Crippen molar-refractivity contribution >= 4 is 11.9 Å². The van der Waals surface area contributed by atoms with Crippen LogP contribution in [0.25, 0.3) is 11.1 Å². The van der Waals surface area contributed by atoms with Gasteiger partial charge in [-0.2, -0.15) is 0 Å². The van der Waals surface area contributed by atoms with E-state index in [2.05, 4.69) is 9.97 Å². The van der Waals surface area contributed by atoms with Gasteiger partial charge in [-0.15, -0.1) is 0 Å². The molecule has 4 aliphatic rings. The fourth-order valence-corrected chi connectivity index (χ4v) is 6.47. The van der Waals surface area contributed by atoms with Crippen molar-refractivity contribution in [3.63, 3.8) is 0 Å². The van der Waals surface area contributed by atoms with Gasteiger partial charge in [-0.05, 0) is 17.2 Å². The molecule has 0 spiro atoms. The van der Waals surface area contributed by atoms with E-state index in [-0.39, 0.29) is 5.92 Å². The van der Waals surface area contributed by atoms with Crippen LogP contribution < -0.4 is 5.73 Å². The number of hydrogen-bond acceptors (Lipinski definition) is 6. The van der Waals surface area contributed by atoms with Gasteiger partial charge >= 0.3 is 5.97 Å². The molecule has 35 heavy (non-hydrogen) atoms. The van der Waals surface area contributed by atoms with Crippen LogP contribution in [-0.4, -0.2) is 57.2 Å². The first kappa shape index (κ1) is 21.9. The summed E-state index contributed by atoms with van der Waals surface area (Å²) in [6.07, 6.45) is 4.20. The van der Waals surface area contributed by atoms with E-state index in [0.717, 1.165) is 37.1 Å². The first-order valence-corrected chi connectivity index (χ1v) is 12.0. The second-order valence-electron chi connectivity index (χ2n) is 9.87. The fourth-order valence-electron chi connectivity index (χ4n) is 6.47. The number of carbonyl (C=O) groups excluding carboxylic acids is 2. The zero-order valence-electron chi connectivity index (χ0n) is 19.2. The molecule has 2 aromatic carbocycles. The van der Waals surface area contributed by atoms with Crippen molar-refractivity contribution in [2.45, 2.75) is 30.6 Å². The van der Waals surface area contributed by atoms with Crippen LogP contribution in [0.3, 0.4) is 0 Å². The molecular formula is C27H27N4O4+. The van der Waals surface area contributed by atoms with E-state index in [9.17, 15) is 14.7 Å². The van der Waals surface area contributed by atoms with Gasteiger partial charge in [-0.25, -0.2) is 14.8 Å². The number of aromatic nitrogens is 2. The van der Waals surface area contributed by atoms with Crippen LogP contribution in [0, 0.1) is 5.92 Å². The molecule has 8 nitrogen and oxygen atoms in total. The fraction of sp³-hybridized carbons (Fsp3) is 0.333. The lowest BCUT2D eigenvalue weighted by molar-refractivity contribution is -0.965. The number of hydrogen-bond donors (Lipinski definition) is 2. The standard InChI is InChI=1S/C27H26N4O4/c28-25(32)24(22-9-12-29-16-30-22)31-13-10-17(11-14-31)23(15-31)35-26(33)27(34)20-7-3-1-5-18(20)19-6-2-4-8-21(19)27/h1-9,12,16-17,23-24,34H,10-11,13-15H2,(H-,28,32)/p+1/t17?,23-,24?,31?/m0/s1. The lowest BCUT2D eigenvalue weighted by Crippen LogP contribution is -2.67. The van der Waals surface area contributed by atoms with Crippen molar-refractivity contribution in [2.75, 3.05) is 19.6 Å². The number of nitrogens with zero attached hydrogens (tertiary/aromatic N) is 3. The molecule has 4 heterocycles. The predicted octanol–water partition coefficient (Wildman–Crippen LogP) is 2.07. The summed E-state index contributed by atoms with van der Waals surface area (Å²) in [5.41, 5.74) is 7.32. The van der Waals surface area contributed by atoms with E-state index in [4.69, 9.17) is 10.5 Å². The molecule has 0 saturated carbocycles. The third-order valence-corrected chi connectivity index (χ3v) is 8.14. The molecule has 3 fully saturated rings. The normalized spacial score (nSPS) is 26.4. The largest absolute Gasteiger partial charge is 0.453 e. The molecule has 2 bridgehead atoms. The maximum absolute atomic E-state index is 13.7. The number of quaternary nitrogens is 1. The number of primary amides is 1. The molecule has 1 amide bonds. The molecule has 2 atom stereocenters. The Bertz CT molecular complexity index is 1260. The number of fused-ring (bicyclic) bond motifs is 6. The predicted molar refractivity (Wildman–Crippen MR) is 126 cm³/mol. The van der Waals surface area contributed by atoms with Crippen molar-refractivity contribution in [1.82, 2.24) is 9.97 Å². The Balaban J connectivity index is 1.33. The van der Waals surface area contributed by atoms with Crippen molar-refractivity contribution in [3.05, 3.63) is 83.9 Å². The topological polar surface area (TPSA) is 115 Å². The highest BCUT2D eigenvalue weighted by molar-refractivity contribution is 5.96. The van der Waals surface area contributed by atoms with E-state index in [0.29, 0.717) is 27.8 Å². The minimum Gasteiger partial charge on any atom is -0.453 e. The van der Waals surface area contributed by atoms with Crippen molar-refractivity contribution in [2.24, 2.45) is 11.7 Å². The number of amides is 1. The molecule has 8 heteroatoms. The van der Waals surface area contributed by atoms with Crippen molar-refractivity contribution < 1.29 is 23.9 Å². The number of esters is 1. The molecule has 3 saturated heterocycles. The number of nitrogens with two attached hydrogens (primary N) is 1. The third-order valence-electron chi connectivity index (χ3n) is 8.14. The van der Waals surface area contributed by atoms with Gasteiger partial charge in [-0.1, -0.05) is 48.5 Å². The highest BCUT2D eigenvalue weighted by atomic mass is 16.6. The summed E-state index contributed by atoms with van der Waals surface area (Å²) >= 11 is 0. The maximum Gasteiger partial charge on any atom is 0.348 e. The van der Waals surface area contributed by atoms with Gasteiger partial charge in [0.05, 0.1) is 13.1 Å². The Kier molecular flexibility index (Phi) is 4.98. The SMILES string of the molecule is NC(=O)C(c1ccncn1)[N+]12CCC(CC1)[C@@H](OC(=O)C1(O)c3ccccc3-c3ccccc31)C2. The summed E-state index contributed by atoms with van der Waals surface area (Å²) in [5.74, 6) is -0.954. The maximum atomic E-state index is 13.7. The number of benzene rings is 2. The van der Waals surface area contributed by atoms with E-state index in [1.165, 1.54) is 6.33 Å². The smallest absolute Gasteiger partial charge is 0.348 e. The first-order valence-electron chi connectivity index (χ1n) is 12.0. The van der Waals surface area contributed by atoms with E-state index >= 15 is 0 Å². The zero-order chi connectivity index (χ0) is 24.2. The zero-order valence-corrected chi connectivity index (χ0v) is 19.2. The highest BCUT2D eigenvalue weighted by Crippen LogP contribution is 2.49. The highest BCUT2D eigenvalue weighted by Gasteiger charge is 2.56. The van der Waals surface area contributed by atoms with E-state index < -0.39 is 29.6 Å². The Hall–Kier alpha value is -3.62. The van der Waals surface area contributed by atoms with Crippen molar-refractivity contribution in [1.29, 1.82) is 0 Å². The third kappa shape index (κ3) is 3.20. The van der Waals surface area contributed by atoms with Crippen LogP contribution in [-0.2, 0) is 19.9 Å². The molecule has 7 rings (SSSR count). The second kappa shape index (κ2) is 7.96. The van der Waals surface area contributed by atoms with Gasteiger partial charge in [0.15, 0.2) is 6.10 Å². The van der Waals surface area contributed by atoms with Crippen LogP contribution in [0.2, 0.25) is 0 Å².